The van der Waals surface area contributed by atoms with Gasteiger partial charge in [-0.3, -0.25) is 0 Å². The molecule has 1 aromatic carbocycles. The minimum atomic E-state index is -3.64. The van der Waals surface area contributed by atoms with Crippen LogP contribution in [0.3, 0.4) is 0 Å². The molecular formula is C12H16ClN5O2S. The third kappa shape index (κ3) is 3.52. The smallest absolute Gasteiger partial charge is 0.240 e. The molecule has 0 radical (unpaired) electrons. The largest absolute Gasteiger partial charge is 0.397 e. The lowest BCUT2D eigenvalue weighted by Crippen LogP contribution is -2.27. The zero-order chi connectivity index (χ0) is 15.6. The summed E-state index contributed by atoms with van der Waals surface area (Å²) in [7, 11) is -1.84. The van der Waals surface area contributed by atoms with Crippen LogP contribution >= 0.6 is 11.6 Å². The van der Waals surface area contributed by atoms with Gasteiger partial charge in [0.05, 0.1) is 15.6 Å². The Labute approximate surface area is 128 Å². The number of halogens is 1. The Bertz CT molecular complexity index is 757. The van der Waals surface area contributed by atoms with Crippen LogP contribution in [0.5, 0.6) is 0 Å². The highest BCUT2D eigenvalue weighted by molar-refractivity contribution is 7.89. The summed E-state index contributed by atoms with van der Waals surface area (Å²) in [5.41, 5.74) is 6.44. The van der Waals surface area contributed by atoms with Gasteiger partial charge in [0.1, 0.15) is 12.2 Å². The summed E-state index contributed by atoms with van der Waals surface area (Å²) in [5, 5.41) is 7.97. The van der Waals surface area contributed by atoms with E-state index in [1.165, 1.54) is 12.1 Å². The van der Waals surface area contributed by atoms with E-state index in [0.29, 0.717) is 22.8 Å². The summed E-state index contributed by atoms with van der Waals surface area (Å²) in [4.78, 5) is 0.127. The third-order valence-electron chi connectivity index (χ3n) is 3.03. The molecule has 0 spiro atoms. The van der Waals surface area contributed by atoms with Gasteiger partial charge < -0.3 is 10.3 Å². The fourth-order valence-corrected chi connectivity index (χ4v) is 3.38. The molecule has 3 N–H and O–H groups in total. The van der Waals surface area contributed by atoms with Crippen LogP contribution in [0.4, 0.5) is 5.69 Å². The van der Waals surface area contributed by atoms with Gasteiger partial charge in [0, 0.05) is 20.0 Å². The summed E-state index contributed by atoms with van der Waals surface area (Å²) in [5.74, 6) is 0.699. The topological polar surface area (TPSA) is 103 Å². The van der Waals surface area contributed by atoms with Gasteiger partial charge in [-0.25, -0.2) is 13.1 Å². The molecule has 1 aromatic heterocycles. The lowest BCUT2D eigenvalue weighted by molar-refractivity contribution is 0.579. The number of aryl methyl sites for hydroxylation is 2. The van der Waals surface area contributed by atoms with Gasteiger partial charge in [-0.2, -0.15) is 0 Å². The van der Waals surface area contributed by atoms with Crippen LogP contribution in [-0.2, 0) is 23.5 Å². The lowest BCUT2D eigenvalue weighted by Gasteiger charge is -2.11. The Morgan fingerprint density at radius 2 is 2.14 bits per heavy atom. The van der Waals surface area contributed by atoms with Crippen LogP contribution in [0, 0.1) is 6.92 Å². The molecule has 0 amide bonds. The summed E-state index contributed by atoms with van der Waals surface area (Å²) < 4.78 is 28.8. The highest BCUT2D eigenvalue weighted by Crippen LogP contribution is 2.25. The maximum atomic E-state index is 12.3. The normalized spacial score (nSPS) is 11.8. The van der Waals surface area contributed by atoms with Crippen molar-refractivity contribution in [2.24, 2.45) is 7.05 Å². The van der Waals surface area contributed by atoms with E-state index in [0.717, 1.165) is 0 Å². The average molecular weight is 330 g/mol. The van der Waals surface area contributed by atoms with Crippen molar-refractivity contribution < 1.29 is 8.42 Å². The van der Waals surface area contributed by atoms with Crippen molar-refractivity contribution in [3.05, 3.63) is 34.9 Å². The predicted molar refractivity (Wildman–Crippen MR) is 80.5 cm³/mol. The summed E-state index contributed by atoms with van der Waals surface area (Å²) in [6.45, 7) is 1.89. The molecule has 2 aromatic rings. The zero-order valence-electron chi connectivity index (χ0n) is 11.7. The van der Waals surface area contributed by atoms with E-state index >= 15 is 0 Å². The zero-order valence-corrected chi connectivity index (χ0v) is 13.2. The second kappa shape index (κ2) is 6.00. The van der Waals surface area contributed by atoms with Crippen molar-refractivity contribution in [1.82, 2.24) is 19.5 Å². The molecule has 0 aliphatic heterocycles. The molecule has 0 saturated carbocycles. The van der Waals surface area contributed by atoms with Gasteiger partial charge in [0.15, 0.2) is 0 Å². The lowest BCUT2D eigenvalue weighted by atomic mass is 10.2. The number of benzene rings is 1. The van der Waals surface area contributed by atoms with Crippen LogP contribution < -0.4 is 10.5 Å². The number of nitrogen functional groups attached to an aromatic ring is 1. The molecule has 0 fully saturated rings. The van der Waals surface area contributed by atoms with E-state index in [-0.39, 0.29) is 17.1 Å². The molecule has 0 atom stereocenters. The van der Waals surface area contributed by atoms with Gasteiger partial charge in [-0.1, -0.05) is 11.6 Å². The predicted octanol–water partition coefficient (Wildman–Crippen LogP) is 0.880. The number of nitrogens with one attached hydrogen (secondary N) is 1. The number of sulfonamides is 1. The average Bonchev–Trinajstić information content (AvgIpc) is 2.79. The number of hydrogen-bond acceptors (Lipinski definition) is 5. The van der Waals surface area contributed by atoms with E-state index in [9.17, 15) is 8.42 Å². The van der Waals surface area contributed by atoms with Crippen LogP contribution in [0.15, 0.2) is 23.4 Å². The first-order valence-electron chi connectivity index (χ1n) is 6.19. The second-order valence-corrected chi connectivity index (χ2v) is 6.79. The molecule has 7 nitrogen and oxygen atoms in total. The fourth-order valence-electron chi connectivity index (χ4n) is 1.87. The number of nitrogens with two attached hydrogens (primary N) is 1. The summed E-state index contributed by atoms with van der Waals surface area (Å²) in [6.07, 6.45) is 2.01. The number of hydrogen-bond donors (Lipinski definition) is 2. The highest BCUT2D eigenvalue weighted by atomic mass is 35.5. The molecule has 0 unspecified atom stereocenters. The Morgan fingerprint density at radius 3 is 2.76 bits per heavy atom. The van der Waals surface area contributed by atoms with Crippen molar-refractivity contribution in [3.8, 4) is 0 Å². The second-order valence-electron chi connectivity index (χ2n) is 4.65. The van der Waals surface area contributed by atoms with Crippen LogP contribution in [0.1, 0.15) is 11.4 Å². The number of anilines is 1. The Hall–Kier alpha value is -1.64. The molecular weight excluding hydrogens is 314 g/mol. The van der Waals surface area contributed by atoms with Gasteiger partial charge in [0.2, 0.25) is 10.0 Å². The summed E-state index contributed by atoms with van der Waals surface area (Å²) in [6, 6.07) is 2.90. The van der Waals surface area contributed by atoms with Crippen molar-refractivity contribution in [2.45, 2.75) is 18.2 Å². The van der Waals surface area contributed by atoms with E-state index in [1.807, 2.05) is 0 Å². The summed E-state index contributed by atoms with van der Waals surface area (Å²) >= 11 is 5.87. The van der Waals surface area contributed by atoms with Crippen LogP contribution in [0.25, 0.3) is 0 Å². The molecule has 2 rings (SSSR count). The van der Waals surface area contributed by atoms with E-state index in [1.54, 1.807) is 24.9 Å². The quantitative estimate of drug-likeness (QED) is 0.793. The standard InChI is InChI=1S/C12H16ClN5O2S/c1-8-5-9(13)10(14)6-11(8)21(19,20)16-4-3-12-17-15-7-18(12)2/h5-7,16H,3-4,14H2,1-2H3. The molecule has 0 aliphatic carbocycles. The number of nitrogens with zero attached hydrogens (tertiary/aromatic N) is 3. The first-order chi connectivity index (χ1) is 9.81. The fraction of sp³-hybridized carbons (Fsp3) is 0.333. The highest BCUT2D eigenvalue weighted by Gasteiger charge is 2.18. The van der Waals surface area contributed by atoms with Crippen molar-refractivity contribution in [2.75, 3.05) is 12.3 Å². The van der Waals surface area contributed by atoms with Gasteiger partial charge in [0.25, 0.3) is 0 Å². The molecule has 21 heavy (non-hydrogen) atoms. The van der Waals surface area contributed by atoms with Gasteiger partial charge >= 0.3 is 0 Å². The molecule has 1 heterocycles. The maximum Gasteiger partial charge on any atom is 0.240 e. The van der Waals surface area contributed by atoms with E-state index in [2.05, 4.69) is 14.9 Å². The van der Waals surface area contributed by atoms with Gasteiger partial charge in [-0.05, 0) is 24.6 Å². The molecule has 0 bridgehead atoms. The Kier molecular flexibility index (Phi) is 4.50. The first-order valence-corrected chi connectivity index (χ1v) is 8.05. The Balaban J connectivity index is 2.12. The molecule has 114 valence electrons. The Morgan fingerprint density at radius 1 is 1.43 bits per heavy atom. The van der Waals surface area contributed by atoms with E-state index < -0.39 is 10.0 Å². The van der Waals surface area contributed by atoms with Crippen molar-refractivity contribution in [3.63, 3.8) is 0 Å². The monoisotopic (exact) mass is 329 g/mol. The molecule has 9 heteroatoms. The third-order valence-corrected chi connectivity index (χ3v) is 4.96. The minimum Gasteiger partial charge on any atom is -0.397 e. The van der Waals surface area contributed by atoms with Crippen molar-refractivity contribution in [1.29, 1.82) is 0 Å². The van der Waals surface area contributed by atoms with Crippen LogP contribution in [0.2, 0.25) is 5.02 Å². The molecule has 0 aliphatic rings. The van der Waals surface area contributed by atoms with Crippen LogP contribution in [-0.4, -0.2) is 29.7 Å². The molecule has 0 saturated heterocycles. The number of rotatable bonds is 5. The van der Waals surface area contributed by atoms with Crippen molar-refractivity contribution >= 4 is 27.3 Å². The van der Waals surface area contributed by atoms with E-state index in [4.69, 9.17) is 17.3 Å². The SMILES string of the molecule is Cc1cc(Cl)c(N)cc1S(=O)(=O)NCCc1nncn1C. The van der Waals surface area contributed by atoms with Gasteiger partial charge in [-0.15, -0.1) is 10.2 Å². The minimum absolute atomic E-state index is 0.127. The first kappa shape index (κ1) is 15.7. The number of aromatic nitrogens is 3. The maximum absolute atomic E-state index is 12.3.